The van der Waals surface area contributed by atoms with E-state index in [1.807, 2.05) is 19.1 Å². The van der Waals surface area contributed by atoms with Crippen molar-refractivity contribution in [1.29, 1.82) is 0 Å². The summed E-state index contributed by atoms with van der Waals surface area (Å²) in [5, 5.41) is 3.04. The highest BCUT2D eigenvalue weighted by Crippen LogP contribution is 2.13. The van der Waals surface area contributed by atoms with Crippen LogP contribution in [0, 0.1) is 5.92 Å². The zero-order valence-electron chi connectivity index (χ0n) is 12.9. The third-order valence-electron chi connectivity index (χ3n) is 4.18. The van der Waals surface area contributed by atoms with Crippen molar-refractivity contribution in [2.24, 2.45) is 5.92 Å². The number of hydrogen-bond acceptors (Lipinski definition) is 2. The third kappa shape index (κ3) is 4.07. The Morgan fingerprint density at radius 1 is 1.15 bits per heavy atom. The van der Waals surface area contributed by atoms with E-state index >= 15 is 0 Å². The van der Waals surface area contributed by atoms with Crippen LogP contribution >= 0.6 is 0 Å². The molecule has 0 radical (unpaired) electrons. The van der Waals surface area contributed by atoms with E-state index in [1.165, 1.54) is 31.5 Å². The van der Waals surface area contributed by atoms with Crippen molar-refractivity contribution in [3.63, 3.8) is 0 Å². The molecule has 1 saturated heterocycles. The Morgan fingerprint density at radius 3 is 2.30 bits per heavy atom. The van der Waals surface area contributed by atoms with E-state index in [0.717, 1.165) is 12.1 Å². The van der Waals surface area contributed by atoms with Gasteiger partial charge in [-0.15, -0.1) is 0 Å². The molecule has 1 aliphatic heterocycles. The van der Waals surface area contributed by atoms with Gasteiger partial charge in [0.1, 0.15) is 0 Å². The molecule has 1 aromatic rings. The van der Waals surface area contributed by atoms with E-state index in [4.69, 9.17) is 0 Å². The van der Waals surface area contributed by atoms with Gasteiger partial charge in [0.05, 0.1) is 0 Å². The summed E-state index contributed by atoms with van der Waals surface area (Å²) in [7, 11) is 0. The fourth-order valence-corrected chi connectivity index (χ4v) is 2.42. The van der Waals surface area contributed by atoms with Gasteiger partial charge in [-0.2, -0.15) is 0 Å². The minimum Gasteiger partial charge on any atom is -0.349 e. The van der Waals surface area contributed by atoms with Crippen molar-refractivity contribution in [3.05, 3.63) is 35.4 Å². The Balaban J connectivity index is 1.91. The maximum Gasteiger partial charge on any atom is 0.251 e. The topological polar surface area (TPSA) is 32.3 Å². The maximum atomic E-state index is 12.1. The van der Waals surface area contributed by atoms with Gasteiger partial charge in [-0.3, -0.25) is 9.69 Å². The lowest BCUT2D eigenvalue weighted by Crippen LogP contribution is -2.36. The number of hydrogen-bond donors (Lipinski definition) is 1. The molecule has 1 N–H and O–H groups in total. The first-order valence-electron chi connectivity index (χ1n) is 7.68. The molecule has 0 spiro atoms. The summed E-state index contributed by atoms with van der Waals surface area (Å²) in [6.07, 6.45) is 2.63. The average molecular weight is 274 g/mol. The number of likely N-dealkylation sites (tertiary alicyclic amines) is 1. The molecule has 3 nitrogen and oxygen atoms in total. The van der Waals surface area contributed by atoms with Crippen LogP contribution in [0.15, 0.2) is 24.3 Å². The van der Waals surface area contributed by atoms with Crippen molar-refractivity contribution in [3.8, 4) is 0 Å². The van der Waals surface area contributed by atoms with Crippen molar-refractivity contribution in [2.45, 2.75) is 46.2 Å². The second-order valence-corrected chi connectivity index (χ2v) is 6.19. The van der Waals surface area contributed by atoms with Gasteiger partial charge < -0.3 is 5.32 Å². The number of nitrogens with zero attached hydrogens (tertiary/aromatic N) is 1. The number of nitrogens with one attached hydrogen (secondary N) is 1. The van der Waals surface area contributed by atoms with Crippen molar-refractivity contribution in [2.75, 3.05) is 13.1 Å². The number of amides is 1. The highest BCUT2D eigenvalue weighted by atomic mass is 16.1. The van der Waals surface area contributed by atoms with E-state index in [9.17, 15) is 4.79 Å². The van der Waals surface area contributed by atoms with Gasteiger partial charge in [0.15, 0.2) is 0 Å². The molecule has 1 amide bonds. The van der Waals surface area contributed by atoms with Gasteiger partial charge >= 0.3 is 0 Å². The molecule has 1 heterocycles. The van der Waals surface area contributed by atoms with Crippen molar-refractivity contribution < 1.29 is 4.79 Å². The Labute approximate surface area is 122 Å². The van der Waals surface area contributed by atoms with Crippen LogP contribution in [-0.2, 0) is 6.54 Å². The Morgan fingerprint density at radius 2 is 1.75 bits per heavy atom. The van der Waals surface area contributed by atoms with E-state index in [-0.39, 0.29) is 11.9 Å². The molecule has 0 saturated carbocycles. The number of carbonyl (C=O) groups is 1. The van der Waals surface area contributed by atoms with Crippen LogP contribution in [0.4, 0.5) is 0 Å². The Bertz CT molecular complexity index is 433. The molecule has 3 heteroatoms. The Hall–Kier alpha value is -1.35. The largest absolute Gasteiger partial charge is 0.349 e. The molecule has 0 aliphatic carbocycles. The fourth-order valence-electron chi connectivity index (χ4n) is 2.42. The lowest BCUT2D eigenvalue weighted by Gasteiger charge is -2.18. The lowest BCUT2D eigenvalue weighted by atomic mass is 10.1. The van der Waals surface area contributed by atoms with Gasteiger partial charge in [-0.25, -0.2) is 0 Å². The minimum absolute atomic E-state index is 0.0268. The summed E-state index contributed by atoms with van der Waals surface area (Å²) in [5.74, 6) is 0.479. The Kier molecular flexibility index (Phi) is 5.18. The number of rotatable bonds is 5. The highest BCUT2D eigenvalue weighted by molar-refractivity contribution is 5.94. The van der Waals surface area contributed by atoms with Crippen LogP contribution < -0.4 is 5.32 Å². The molecule has 1 atom stereocenters. The smallest absolute Gasteiger partial charge is 0.251 e. The molecule has 1 aliphatic rings. The third-order valence-corrected chi connectivity index (χ3v) is 4.18. The second kappa shape index (κ2) is 6.89. The van der Waals surface area contributed by atoms with Crippen LogP contribution in [-0.4, -0.2) is 29.9 Å². The first kappa shape index (κ1) is 15.0. The van der Waals surface area contributed by atoms with E-state index in [1.54, 1.807) is 0 Å². The van der Waals surface area contributed by atoms with Gasteiger partial charge in [0, 0.05) is 18.2 Å². The minimum atomic E-state index is 0.0268. The van der Waals surface area contributed by atoms with Crippen LogP contribution in [0.2, 0.25) is 0 Å². The van der Waals surface area contributed by atoms with Crippen LogP contribution in [0.1, 0.15) is 49.5 Å². The predicted molar refractivity (Wildman–Crippen MR) is 82.7 cm³/mol. The molecule has 0 aromatic heterocycles. The number of carbonyl (C=O) groups excluding carboxylic acids is 1. The summed E-state index contributed by atoms with van der Waals surface area (Å²) in [4.78, 5) is 14.6. The predicted octanol–water partition coefficient (Wildman–Crippen LogP) is 3.06. The van der Waals surface area contributed by atoms with Crippen LogP contribution in [0.5, 0.6) is 0 Å². The molecular weight excluding hydrogens is 248 g/mol. The van der Waals surface area contributed by atoms with Gasteiger partial charge in [-0.1, -0.05) is 26.0 Å². The lowest BCUT2D eigenvalue weighted by molar-refractivity contribution is 0.0930. The monoisotopic (exact) mass is 274 g/mol. The van der Waals surface area contributed by atoms with E-state index < -0.39 is 0 Å². The van der Waals surface area contributed by atoms with E-state index in [2.05, 4.69) is 36.2 Å². The average Bonchev–Trinajstić information content (AvgIpc) is 2.92. The van der Waals surface area contributed by atoms with E-state index in [0.29, 0.717) is 5.92 Å². The molecule has 0 bridgehead atoms. The fraction of sp³-hybridized carbons (Fsp3) is 0.588. The van der Waals surface area contributed by atoms with Crippen molar-refractivity contribution in [1.82, 2.24) is 10.2 Å². The number of benzene rings is 1. The van der Waals surface area contributed by atoms with Crippen LogP contribution in [0.25, 0.3) is 0 Å². The summed E-state index contributed by atoms with van der Waals surface area (Å²) in [6, 6.07) is 8.23. The van der Waals surface area contributed by atoms with Crippen LogP contribution in [0.3, 0.4) is 0 Å². The SMILES string of the molecule is CC(C)C(C)NC(=O)c1ccc(CN2CCCC2)cc1. The summed E-state index contributed by atoms with van der Waals surface area (Å²) in [5.41, 5.74) is 2.04. The molecular formula is C17H26N2O. The van der Waals surface area contributed by atoms with Gasteiger partial charge in [0.2, 0.25) is 0 Å². The molecule has 1 aromatic carbocycles. The van der Waals surface area contributed by atoms with Crippen molar-refractivity contribution >= 4 is 5.91 Å². The molecule has 2 rings (SSSR count). The quantitative estimate of drug-likeness (QED) is 0.895. The van der Waals surface area contributed by atoms with Gasteiger partial charge in [-0.05, 0) is 56.5 Å². The molecule has 110 valence electrons. The zero-order valence-corrected chi connectivity index (χ0v) is 12.9. The standard InChI is InChI=1S/C17H26N2O/c1-13(2)14(3)18-17(20)16-8-6-15(7-9-16)12-19-10-4-5-11-19/h6-9,13-14H,4-5,10-12H2,1-3H3,(H,18,20). The molecule has 1 fully saturated rings. The molecule has 1 unspecified atom stereocenters. The molecule has 20 heavy (non-hydrogen) atoms. The zero-order chi connectivity index (χ0) is 14.5. The highest BCUT2D eigenvalue weighted by Gasteiger charge is 2.14. The first-order chi connectivity index (χ1) is 9.56. The normalized spacial score (nSPS) is 17.4. The summed E-state index contributed by atoms with van der Waals surface area (Å²) >= 11 is 0. The van der Waals surface area contributed by atoms with Gasteiger partial charge in [0.25, 0.3) is 5.91 Å². The maximum absolute atomic E-state index is 12.1. The first-order valence-corrected chi connectivity index (χ1v) is 7.68. The second-order valence-electron chi connectivity index (χ2n) is 6.19. The summed E-state index contributed by atoms with van der Waals surface area (Å²) < 4.78 is 0. The summed E-state index contributed by atoms with van der Waals surface area (Å²) in [6.45, 7) is 9.69.